The minimum atomic E-state index is -4.63. The monoisotopic (exact) mass is 627 g/mol. The molecule has 2 N–H and O–H groups in total. The molecule has 1 aromatic carbocycles. The number of nitrogen functional groups attached to an aromatic ring is 1. The highest BCUT2D eigenvalue weighted by molar-refractivity contribution is 6.31. The Morgan fingerprint density at radius 2 is 1.84 bits per heavy atom. The van der Waals surface area contributed by atoms with Crippen molar-refractivity contribution in [1.29, 1.82) is 0 Å². The summed E-state index contributed by atoms with van der Waals surface area (Å²) in [6.07, 6.45) is -0.220. The fraction of sp³-hybridized carbons (Fsp3) is 0.600. The summed E-state index contributed by atoms with van der Waals surface area (Å²) in [5.74, 6) is 2.06. The summed E-state index contributed by atoms with van der Waals surface area (Å²) in [6.45, 7) is 3.47. The smallest absolute Gasteiger partial charge is 0.418 e. The van der Waals surface area contributed by atoms with E-state index in [1.54, 1.807) is 0 Å². The number of rotatable bonds is 3. The van der Waals surface area contributed by atoms with Gasteiger partial charge in [0.2, 0.25) is 0 Å². The zero-order chi connectivity index (χ0) is 30.5. The highest BCUT2D eigenvalue weighted by Gasteiger charge is 2.41. The SMILES string of the molecule is COc1nc2c(c(N3CC4CCC(C4)C3)n1)COC(c1cc(N)cc(Cl)c1C(F)(F)F)C2.FC(F)=C1CC2CCCN2C1. The van der Waals surface area contributed by atoms with Gasteiger partial charge in [0.15, 0.2) is 0 Å². The van der Waals surface area contributed by atoms with Crippen LogP contribution in [0, 0.1) is 11.8 Å². The third-order valence-corrected chi connectivity index (χ3v) is 9.66. The predicted molar refractivity (Wildman–Crippen MR) is 152 cm³/mol. The van der Waals surface area contributed by atoms with Crippen LogP contribution >= 0.6 is 11.6 Å². The standard InChI is InChI=1S/C22H24ClF3N4O2.C8H11F2N/c1-31-21-28-17-7-18(14-5-13(27)6-16(23)19(14)22(24,25)26)32-10-15(17)20(29-21)30-8-11-2-3-12(4-11)9-30;9-8(10)6-4-7-2-1-3-11(7)5-6/h5-6,11-12,18H,2-4,7-10,27H2,1H3;7H,1-5H2. The number of piperidine rings is 1. The number of fused-ring (bicyclic) bond motifs is 4. The van der Waals surface area contributed by atoms with E-state index in [1.165, 1.54) is 38.9 Å². The zero-order valence-corrected chi connectivity index (χ0v) is 24.7. The lowest BCUT2D eigenvalue weighted by atomic mass is 9.93. The Hall–Kier alpha value is -2.70. The van der Waals surface area contributed by atoms with Crippen LogP contribution in [-0.4, -0.2) is 54.2 Å². The number of alkyl halides is 3. The molecule has 4 aliphatic heterocycles. The molecule has 4 atom stereocenters. The molecule has 43 heavy (non-hydrogen) atoms. The van der Waals surface area contributed by atoms with E-state index in [0.29, 0.717) is 42.1 Å². The molecule has 0 amide bonds. The van der Waals surface area contributed by atoms with E-state index in [0.717, 1.165) is 43.5 Å². The average Bonchev–Trinajstić information content (AvgIpc) is 3.66. The summed E-state index contributed by atoms with van der Waals surface area (Å²) < 4.78 is 76.8. The summed E-state index contributed by atoms with van der Waals surface area (Å²) in [7, 11) is 1.49. The molecular formula is C30H35ClF5N5O2. The van der Waals surface area contributed by atoms with E-state index in [4.69, 9.17) is 26.8 Å². The lowest BCUT2D eigenvalue weighted by Gasteiger charge is -2.36. The van der Waals surface area contributed by atoms with E-state index in [1.807, 2.05) is 0 Å². The molecule has 1 aromatic heterocycles. The molecule has 5 aliphatic rings. The second-order valence-electron chi connectivity index (χ2n) is 12.2. The minimum Gasteiger partial charge on any atom is -0.467 e. The number of nitrogens with zero attached hydrogens (tertiary/aromatic N) is 4. The van der Waals surface area contributed by atoms with Crippen molar-refractivity contribution >= 4 is 23.1 Å². The van der Waals surface area contributed by atoms with Gasteiger partial charge in [-0.25, -0.2) is 0 Å². The highest BCUT2D eigenvalue weighted by atomic mass is 35.5. The van der Waals surface area contributed by atoms with Gasteiger partial charge in [0.1, 0.15) is 5.82 Å². The van der Waals surface area contributed by atoms with E-state index >= 15 is 0 Å². The number of hydrogen-bond donors (Lipinski definition) is 1. The van der Waals surface area contributed by atoms with Gasteiger partial charge in [-0.1, -0.05) is 11.6 Å². The van der Waals surface area contributed by atoms with Gasteiger partial charge >= 0.3 is 12.2 Å². The third kappa shape index (κ3) is 6.28. The fourth-order valence-corrected chi connectivity index (χ4v) is 7.77. The molecule has 2 bridgehead atoms. The van der Waals surface area contributed by atoms with Gasteiger partial charge in [-0.15, -0.1) is 0 Å². The number of hydrogen-bond acceptors (Lipinski definition) is 7. The van der Waals surface area contributed by atoms with Crippen molar-refractivity contribution < 1.29 is 31.4 Å². The second-order valence-corrected chi connectivity index (χ2v) is 12.6. The van der Waals surface area contributed by atoms with Crippen LogP contribution in [-0.2, 0) is 23.9 Å². The molecule has 0 radical (unpaired) electrons. The summed E-state index contributed by atoms with van der Waals surface area (Å²) >= 11 is 5.94. The van der Waals surface area contributed by atoms with Crippen LogP contribution < -0.4 is 15.4 Å². The van der Waals surface area contributed by atoms with Gasteiger partial charge in [0, 0.05) is 48.9 Å². The summed E-state index contributed by atoms with van der Waals surface area (Å²) in [5.41, 5.74) is 6.78. The van der Waals surface area contributed by atoms with E-state index < -0.39 is 28.9 Å². The number of benzene rings is 1. The Balaban J connectivity index is 0.000000250. The molecule has 5 heterocycles. The van der Waals surface area contributed by atoms with Crippen molar-refractivity contribution in [3.8, 4) is 6.01 Å². The molecule has 7 rings (SSSR count). The Bertz CT molecular complexity index is 1380. The zero-order valence-electron chi connectivity index (χ0n) is 23.9. The lowest BCUT2D eigenvalue weighted by Crippen LogP contribution is -2.38. The molecule has 4 unspecified atom stereocenters. The predicted octanol–water partition coefficient (Wildman–Crippen LogP) is 6.80. The van der Waals surface area contributed by atoms with Crippen molar-refractivity contribution in [3.63, 3.8) is 0 Å². The van der Waals surface area contributed by atoms with Crippen molar-refractivity contribution in [1.82, 2.24) is 14.9 Å². The van der Waals surface area contributed by atoms with Crippen molar-refractivity contribution in [2.75, 3.05) is 43.9 Å². The molecule has 13 heteroatoms. The van der Waals surface area contributed by atoms with Crippen LogP contribution in [0.1, 0.15) is 67.0 Å². The number of ether oxygens (including phenoxy) is 2. The van der Waals surface area contributed by atoms with Gasteiger partial charge in [-0.05, 0) is 74.6 Å². The van der Waals surface area contributed by atoms with Crippen LogP contribution in [0.5, 0.6) is 6.01 Å². The van der Waals surface area contributed by atoms with Crippen LogP contribution in [0.2, 0.25) is 5.02 Å². The normalized spacial score (nSPS) is 26.6. The number of methoxy groups -OCH3 is 1. The molecular weight excluding hydrogens is 593 g/mol. The molecule has 234 valence electrons. The first-order valence-electron chi connectivity index (χ1n) is 14.7. The van der Waals surface area contributed by atoms with Gasteiger partial charge < -0.3 is 20.1 Å². The van der Waals surface area contributed by atoms with E-state index in [9.17, 15) is 22.0 Å². The Labute approximate surface area is 252 Å². The number of nitrogens with two attached hydrogens (primary N) is 1. The van der Waals surface area contributed by atoms with Gasteiger partial charge in [-0.3, -0.25) is 4.90 Å². The molecule has 1 saturated carbocycles. The first kappa shape index (κ1) is 30.3. The van der Waals surface area contributed by atoms with E-state index in [2.05, 4.69) is 19.8 Å². The van der Waals surface area contributed by atoms with Crippen LogP contribution in [0.4, 0.5) is 33.5 Å². The second kappa shape index (κ2) is 12.0. The van der Waals surface area contributed by atoms with Crippen LogP contribution in [0.15, 0.2) is 23.8 Å². The van der Waals surface area contributed by atoms with Crippen LogP contribution in [0.3, 0.4) is 0 Å². The quantitative estimate of drug-likeness (QED) is 0.296. The topological polar surface area (TPSA) is 76.7 Å². The molecule has 1 aliphatic carbocycles. The average molecular weight is 628 g/mol. The summed E-state index contributed by atoms with van der Waals surface area (Å²) in [5, 5.41) is -0.438. The number of anilines is 2. The molecule has 0 spiro atoms. The first-order chi connectivity index (χ1) is 20.5. The molecule has 4 fully saturated rings. The van der Waals surface area contributed by atoms with Gasteiger partial charge in [0.05, 0.1) is 36.1 Å². The van der Waals surface area contributed by atoms with Crippen molar-refractivity contribution in [3.05, 3.63) is 51.2 Å². The summed E-state index contributed by atoms with van der Waals surface area (Å²) in [6, 6.07) is 3.04. The minimum absolute atomic E-state index is 0.0803. The number of aromatic nitrogens is 2. The third-order valence-electron chi connectivity index (χ3n) is 9.36. The maximum absolute atomic E-state index is 13.8. The Morgan fingerprint density at radius 1 is 1.09 bits per heavy atom. The largest absolute Gasteiger partial charge is 0.467 e. The van der Waals surface area contributed by atoms with Crippen molar-refractivity contribution in [2.24, 2.45) is 11.8 Å². The highest BCUT2D eigenvalue weighted by Crippen LogP contribution is 2.45. The molecule has 7 nitrogen and oxygen atoms in total. The molecule has 3 saturated heterocycles. The molecule has 2 aromatic rings. The fourth-order valence-electron chi connectivity index (χ4n) is 7.43. The first-order valence-corrected chi connectivity index (χ1v) is 15.1. The Kier molecular flexibility index (Phi) is 8.47. The number of halogens is 6. The maximum Gasteiger partial charge on any atom is 0.418 e. The van der Waals surface area contributed by atoms with Gasteiger partial charge in [-0.2, -0.15) is 31.9 Å². The van der Waals surface area contributed by atoms with Crippen molar-refractivity contribution in [2.45, 2.75) is 69.9 Å². The maximum atomic E-state index is 13.8. The van der Waals surface area contributed by atoms with E-state index in [-0.39, 0.29) is 30.3 Å². The van der Waals surface area contributed by atoms with Crippen LogP contribution in [0.25, 0.3) is 0 Å². The Morgan fingerprint density at radius 3 is 2.49 bits per heavy atom. The van der Waals surface area contributed by atoms with Gasteiger partial charge in [0.25, 0.3) is 6.08 Å². The lowest BCUT2D eigenvalue weighted by molar-refractivity contribution is -0.139. The summed E-state index contributed by atoms with van der Waals surface area (Å²) in [4.78, 5) is 13.5.